The highest BCUT2D eigenvalue weighted by molar-refractivity contribution is 7.20. The Labute approximate surface area is 160 Å². The molecule has 0 aliphatic carbocycles. The Balaban J connectivity index is 1.31. The average Bonchev–Trinajstić information content (AvgIpc) is 3.05. The van der Waals surface area contributed by atoms with Gasteiger partial charge in [-0.05, 0) is 37.3 Å². The molecule has 0 spiro atoms. The molecule has 1 aromatic heterocycles. The summed E-state index contributed by atoms with van der Waals surface area (Å²) in [6, 6.07) is 12.2. The number of likely N-dealkylation sites (tertiary alicyclic amines) is 1. The van der Waals surface area contributed by atoms with E-state index in [1.807, 2.05) is 31.2 Å². The summed E-state index contributed by atoms with van der Waals surface area (Å²) < 4.78 is 20.0. The first kappa shape index (κ1) is 17.7. The van der Waals surface area contributed by atoms with Gasteiger partial charge >= 0.3 is 6.03 Å². The molecule has 1 aliphatic rings. The van der Waals surface area contributed by atoms with Gasteiger partial charge in [0.15, 0.2) is 0 Å². The summed E-state index contributed by atoms with van der Waals surface area (Å²) >= 11 is 1.35. The molecule has 7 heteroatoms. The molecule has 2 aromatic carbocycles. The number of hydrogen-bond donors (Lipinski definition) is 1. The second-order valence-electron chi connectivity index (χ2n) is 6.69. The Morgan fingerprint density at radius 3 is 2.70 bits per heavy atom. The van der Waals surface area contributed by atoms with Crippen molar-refractivity contribution < 1.29 is 13.9 Å². The first-order chi connectivity index (χ1) is 13.1. The molecule has 5 nitrogen and oxygen atoms in total. The summed E-state index contributed by atoms with van der Waals surface area (Å²) in [5.41, 5.74) is 2.69. The second kappa shape index (κ2) is 7.52. The number of anilines is 1. The lowest BCUT2D eigenvalue weighted by Gasteiger charge is -2.31. The molecular weight excluding hydrogens is 365 g/mol. The Hall–Kier alpha value is -2.67. The normalized spacial score (nSPS) is 15.1. The number of nitrogens with zero attached hydrogens (tertiary/aromatic N) is 2. The Morgan fingerprint density at radius 2 is 1.96 bits per heavy atom. The zero-order valence-electron chi connectivity index (χ0n) is 14.9. The number of hydrogen-bond acceptors (Lipinski definition) is 4. The van der Waals surface area contributed by atoms with E-state index in [1.165, 1.54) is 23.5 Å². The Morgan fingerprint density at radius 1 is 1.22 bits per heavy atom. The van der Waals surface area contributed by atoms with Gasteiger partial charge in [0.05, 0.1) is 10.2 Å². The number of carbonyl (C=O) groups is 1. The average molecular weight is 385 g/mol. The summed E-state index contributed by atoms with van der Waals surface area (Å²) in [4.78, 5) is 18.6. The van der Waals surface area contributed by atoms with Gasteiger partial charge in [-0.15, -0.1) is 0 Å². The number of piperidine rings is 1. The fourth-order valence-corrected chi connectivity index (χ4v) is 3.99. The highest BCUT2D eigenvalue weighted by atomic mass is 32.1. The number of nitrogens with one attached hydrogen (secondary N) is 1. The summed E-state index contributed by atoms with van der Waals surface area (Å²) in [5.74, 6) is -0.273. The third-order valence-electron chi connectivity index (χ3n) is 4.63. The molecule has 0 atom stereocenters. The molecule has 1 saturated heterocycles. The minimum Gasteiger partial charge on any atom is -0.467 e. The molecule has 140 valence electrons. The number of rotatable bonds is 3. The van der Waals surface area contributed by atoms with Crippen LogP contribution in [0.25, 0.3) is 10.2 Å². The molecule has 0 unspecified atom stereocenters. The number of aromatic nitrogens is 1. The van der Waals surface area contributed by atoms with Crippen LogP contribution in [0.2, 0.25) is 0 Å². The predicted molar refractivity (Wildman–Crippen MR) is 105 cm³/mol. The SMILES string of the molecule is Cc1ccc(NC(=O)N2CCC(Oc3nc4ccc(F)cc4s3)CC2)cc1. The van der Waals surface area contributed by atoms with Crippen molar-refractivity contribution in [2.75, 3.05) is 18.4 Å². The minimum absolute atomic E-state index is 0.0128. The highest BCUT2D eigenvalue weighted by Gasteiger charge is 2.25. The first-order valence-corrected chi connectivity index (χ1v) is 9.74. The lowest BCUT2D eigenvalue weighted by atomic mass is 10.1. The van der Waals surface area contributed by atoms with Gasteiger partial charge in [-0.3, -0.25) is 0 Å². The van der Waals surface area contributed by atoms with Gasteiger partial charge in [0.25, 0.3) is 5.19 Å². The van der Waals surface area contributed by atoms with Crippen LogP contribution >= 0.6 is 11.3 Å². The molecule has 1 aliphatic heterocycles. The largest absolute Gasteiger partial charge is 0.467 e. The maximum Gasteiger partial charge on any atom is 0.321 e. The molecule has 0 saturated carbocycles. The van der Waals surface area contributed by atoms with Crippen LogP contribution in [0, 0.1) is 12.7 Å². The van der Waals surface area contributed by atoms with Crippen molar-refractivity contribution in [3.63, 3.8) is 0 Å². The van der Waals surface area contributed by atoms with Crippen LogP contribution in [0.5, 0.6) is 5.19 Å². The van der Waals surface area contributed by atoms with Crippen LogP contribution in [-0.2, 0) is 0 Å². The van der Waals surface area contributed by atoms with Gasteiger partial charge < -0.3 is 15.0 Å². The first-order valence-electron chi connectivity index (χ1n) is 8.92. The number of aryl methyl sites for hydroxylation is 1. The van der Waals surface area contributed by atoms with Crippen molar-refractivity contribution in [1.29, 1.82) is 0 Å². The van der Waals surface area contributed by atoms with E-state index in [1.54, 1.807) is 11.0 Å². The number of carbonyl (C=O) groups excluding carboxylic acids is 1. The maximum absolute atomic E-state index is 13.3. The molecular formula is C20H20FN3O2S. The third-order valence-corrected chi connectivity index (χ3v) is 5.54. The highest BCUT2D eigenvalue weighted by Crippen LogP contribution is 2.30. The van der Waals surface area contributed by atoms with E-state index in [4.69, 9.17) is 4.74 Å². The fourth-order valence-electron chi connectivity index (χ4n) is 3.09. The van der Waals surface area contributed by atoms with Gasteiger partial charge in [-0.25, -0.2) is 14.2 Å². The van der Waals surface area contributed by atoms with Crippen molar-refractivity contribution in [3.8, 4) is 5.19 Å². The Kier molecular flexibility index (Phi) is 4.94. The fraction of sp³-hybridized carbons (Fsp3) is 0.300. The third kappa shape index (κ3) is 4.19. The zero-order valence-corrected chi connectivity index (χ0v) is 15.8. The number of fused-ring (bicyclic) bond motifs is 1. The van der Waals surface area contributed by atoms with E-state index in [0.717, 1.165) is 34.3 Å². The van der Waals surface area contributed by atoms with Crippen LogP contribution in [-0.4, -0.2) is 35.1 Å². The molecule has 1 fully saturated rings. The zero-order chi connectivity index (χ0) is 18.8. The lowest BCUT2D eigenvalue weighted by molar-refractivity contribution is 0.115. The standard InChI is InChI=1S/C20H20FN3O2S/c1-13-2-5-15(6-3-13)22-19(25)24-10-8-16(9-11-24)26-20-23-17-7-4-14(21)12-18(17)27-20/h2-7,12,16H,8-11H2,1H3,(H,22,25). The number of halogens is 1. The van der Waals surface area contributed by atoms with Crippen LogP contribution in [0.3, 0.4) is 0 Å². The number of ether oxygens (including phenoxy) is 1. The summed E-state index contributed by atoms with van der Waals surface area (Å²) in [6.45, 7) is 3.27. The summed E-state index contributed by atoms with van der Waals surface area (Å²) in [6.07, 6.45) is 1.50. The number of thiazole rings is 1. The van der Waals surface area contributed by atoms with Crippen LogP contribution in [0.1, 0.15) is 18.4 Å². The van der Waals surface area contributed by atoms with Gasteiger partial charge in [-0.2, -0.15) is 0 Å². The second-order valence-corrected chi connectivity index (χ2v) is 7.69. The van der Waals surface area contributed by atoms with E-state index in [-0.39, 0.29) is 18.0 Å². The monoisotopic (exact) mass is 385 g/mol. The molecule has 3 aromatic rings. The van der Waals surface area contributed by atoms with Crippen molar-refractivity contribution in [1.82, 2.24) is 9.88 Å². The van der Waals surface area contributed by atoms with Gasteiger partial charge in [0.2, 0.25) is 0 Å². The van der Waals surface area contributed by atoms with E-state index in [0.29, 0.717) is 18.3 Å². The molecule has 2 amide bonds. The van der Waals surface area contributed by atoms with E-state index < -0.39 is 0 Å². The van der Waals surface area contributed by atoms with Crippen molar-refractivity contribution >= 4 is 33.3 Å². The molecule has 1 N–H and O–H groups in total. The van der Waals surface area contributed by atoms with E-state index in [9.17, 15) is 9.18 Å². The topological polar surface area (TPSA) is 54.5 Å². The number of urea groups is 1. The van der Waals surface area contributed by atoms with Crippen molar-refractivity contribution in [3.05, 3.63) is 53.8 Å². The van der Waals surface area contributed by atoms with Gasteiger partial charge in [0.1, 0.15) is 11.9 Å². The smallest absolute Gasteiger partial charge is 0.321 e. The molecule has 2 heterocycles. The minimum atomic E-state index is -0.273. The van der Waals surface area contributed by atoms with Crippen LogP contribution < -0.4 is 10.1 Å². The quantitative estimate of drug-likeness (QED) is 0.703. The Bertz CT molecular complexity index is 950. The van der Waals surface area contributed by atoms with Gasteiger partial charge in [-0.1, -0.05) is 29.0 Å². The number of benzene rings is 2. The maximum atomic E-state index is 13.3. The molecule has 4 rings (SSSR count). The lowest BCUT2D eigenvalue weighted by Crippen LogP contribution is -2.43. The van der Waals surface area contributed by atoms with E-state index >= 15 is 0 Å². The molecule has 27 heavy (non-hydrogen) atoms. The summed E-state index contributed by atoms with van der Waals surface area (Å²) in [7, 11) is 0. The summed E-state index contributed by atoms with van der Waals surface area (Å²) in [5, 5.41) is 3.48. The van der Waals surface area contributed by atoms with Crippen LogP contribution in [0.15, 0.2) is 42.5 Å². The van der Waals surface area contributed by atoms with E-state index in [2.05, 4.69) is 10.3 Å². The molecule has 0 radical (unpaired) electrons. The number of amides is 2. The van der Waals surface area contributed by atoms with Crippen molar-refractivity contribution in [2.24, 2.45) is 0 Å². The van der Waals surface area contributed by atoms with Crippen molar-refractivity contribution in [2.45, 2.75) is 25.9 Å². The molecule has 0 bridgehead atoms. The van der Waals surface area contributed by atoms with Crippen LogP contribution in [0.4, 0.5) is 14.9 Å². The predicted octanol–water partition coefficient (Wildman–Crippen LogP) is 4.82. The van der Waals surface area contributed by atoms with Gasteiger partial charge in [0, 0.05) is 31.6 Å².